The Labute approximate surface area is 270 Å². The maximum atomic E-state index is 12.4. The van der Waals surface area contributed by atoms with Crippen molar-refractivity contribution in [3.05, 3.63) is 0 Å². The second kappa shape index (κ2) is 15.9. The van der Waals surface area contributed by atoms with Gasteiger partial charge in [-0.25, -0.2) is 30.0 Å². The minimum Gasteiger partial charge on any atom is -0.458 e. The molecule has 0 aliphatic carbocycles. The molecule has 260 valence electrons. The lowest BCUT2D eigenvalue weighted by molar-refractivity contribution is -0.161. The molecule has 4 amide bonds. The van der Waals surface area contributed by atoms with Crippen molar-refractivity contribution < 1.29 is 47.7 Å². The molecule has 4 N–H and O–H groups in total. The van der Waals surface area contributed by atoms with Gasteiger partial charge in [-0.1, -0.05) is 0 Å². The molecule has 46 heavy (non-hydrogen) atoms. The number of amides is 4. The van der Waals surface area contributed by atoms with Crippen molar-refractivity contribution in [3.63, 3.8) is 0 Å². The summed E-state index contributed by atoms with van der Waals surface area (Å²) in [6.07, 6.45) is 1.80. The van der Waals surface area contributed by atoms with Crippen molar-refractivity contribution in [2.24, 2.45) is 22.0 Å². The first-order valence-corrected chi connectivity index (χ1v) is 14.9. The van der Waals surface area contributed by atoms with Crippen molar-refractivity contribution in [1.82, 2.24) is 21.5 Å². The highest BCUT2D eigenvalue weighted by Gasteiger charge is 2.40. The fourth-order valence-electron chi connectivity index (χ4n) is 3.75. The van der Waals surface area contributed by atoms with Crippen LogP contribution in [0.1, 0.15) is 95.9 Å². The van der Waals surface area contributed by atoms with E-state index in [1.54, 1.807) is 83.1 Å². The number of hydrogen-bond donors (Lipinski definition) is 4. The molecule has 0 spiro atoms. The second-order valence-electron chi connectivity index (χ2n) is 14.6. The molecule has 2 heterocycles. The fourth-order valence-corrected chi connectivity index (χ4v) is 3.75. The van der Waals surface area contributed by atoms with E-state index in [1.807, 2.05) is 0 Å². The first kappa shape index (κ1) is 39.8. The Morgan fingerprint density at radius 1 is 0.609 bits per heavy atom. The largest absolute Gasteiger partial charge is 0.458 e. The van der Waals surface area contributed by atoms with Gasteiger partial charge in [-0.05, 0) is 95.9 Å². The van der Waals surface area contributed by atoms with Gasteiger partial charge >= 0.3 is 24.1 Å². The number of carbonyl (C=O) groups is 6. The van der Waals surface area contributed by atoms with E-state index in [-0.39, 0.29) is 12.8 Å². The van der Waals surface area contributed by atoms with E-state index in [0.29, 0.717) is 0 Å². The molecule has 16 heteroatoms. The molecule has 0 aromatic heterocycles. The van der Waals surface area contributed by atoms with Crippen molar-refractivity contribution >= 4 is 48.4 Å². The molecule has 0 aromatic carbocycles. The zero-order valence-corrected chi connectivity index (χ0v) is 28.9. The van der Waals surface area contributed by atoms with Crippen molar-refractivity contribution in [2.75, 3.05) is 0 Å². The fraction of sp³-hybridized carbons (Fsp3) is 0.733. The number of alkyl carbamates (subject to hydrolysis) is 2. The summed E-state index contributed by atoms with van der Waals surface area (Å²) in [7, 11) is 0. The number of hydrazone groups is 2. The minimum atomic E-state index is -1.16. The standard InChI is InChI=1S/2C15H25N3O5/c2*1-14(2,3)22-12(20)10(9-7-8-16-18-11(9)19)17-13(21)23-15(4,5)6/h2*8-10H,7H2,1-6H3,(H,17,21)(H,18,19)/t2*9-,10+/m11/s1. The number of nitrogens with one attached hydrogen (secondary N) is 4. The number of esters is 2. The molecule has 16 nitrogen and oxygen atoms in total. The Morgan fingerprint density at radius 3 is 1.13 bits per heavy atom. The van der Waals surface area contributed by atoms with Gasteiger partial charge in [0.15, 0.2) is 0 Å². The van der Waals surface area contributed by atoms with Crippen LogP contribution in [0, 0.1) is 11.8 Å². The van der Waals surface area contributed by atoms with Crippen LogP contribution in [0.4, 0.5) is 9.59 Å². The second-order valence-corrected chi connectivity index (χ2v) is 14.6. The number of hydrogen-bond acceptors (Lipinski definition) is 12. The molecule has 0 radical (unpaired) electrons. The SMILES string of the molecule is CC(C)(C)OC(=O)N[C@H](C(=O)OC(C)(C)C)[C@H]1CC=NNC1=O.CC(C)(C)OC(=O)N[C@H](C(=O)OC(C)(C)C)[C@H]1CC=NNC1=O. The van der Waals surface area contributed by atoms with E-state index in [9.17, 15) is 28.8 Å². The topological polar surface area (TPSA) is 212 Å². The average molecular weight is 655 g/mol. The third kappa shape index (κ3) is 15.7. The summed E-state index contributed by atoms with van der Waals surface area (Å²) in [6, 6.07) is -2.31. The Hall–Kier alpha value is -4.24. The molecule has 0 saturated heterocycles. The van der Waals surface area contributed by atoms with E-state index in [2.05, 4.69) is 31.7 Å². The number of nitrogens with zero attached hydrogens (tertiary/aromatic N) is 2. The Balaban J connectivity index is 0.000000460. The molecule has 2 aliphatic rings. The third-order valence-electron chi connectivity index (χ3n) is 5.39. The number of rotatable bonds is 6. The third-order valence-corrected chi connectivity index (χ3v) is 5.39. The molecular weight excluding hydrogens is 604 g/mol. The molecule has 0 fully saturated rings. The molecule has 2 aliphatic heterocycles. The quantitative estimate of drug-likeness (QED) is 0.243. The first-order valence-electron chi connectivity index (χ1n) is 14.9. The van der Waals surface area contributed by atoms with Crippen LogP contribution in [0.25, 0.3) is 0 Å². The van der Waals surface area contributed by atoms with Gasteiger partial charge in [0.1, 0.15) is 34.5 Å². The summed E-state index contributed by atoms with van der Waals surface area (Å²) in [4.78, 5) is 72.6. The molecule has 0 bridgehead atoms. The molecule has 4 atom stereocenters. The summed E-state index contributed by atoms with van der Waals surface area (Å²) in [5, 5.41) is 12.2. The van der Waals surface area contributed by atoms with E-state index >= 15 is 0 Å². The van der Waals surface area contributed by atoms with E-state index < -0.39 is 82.3 Å². The highest BCUT2D eigenvalue weighted by atomic mass is 16.6. The molecule has 0 unspecified atom stereocenters. The van der Waals surface area contributed by atoms with Gasteiger partial charge < -0.3 is 29.6 Å². The maximum Gasteiger partial charge on any atom is 0.408 e. The summed E-state index contributed by atoms with van der Waals surface area (Å²) in [5.74, 6) is -3.93. The van der Waals surface area contributed by atoms with Crippen molar-refractivity contribution in [3.8, 4) is 0 Å². The van der Waals surface area contributed by atoms with E-state index in [0.717, 1.165) is 0 Å². The van der Waals surface area contributed by atoms with Crippen LogP contribution in [-0.2, 0) is 38.1 Å². The molecule has 0 aromatic rings. The Morgan fingerprint density at radius 2 is 0.891 bits per heavy atom. The van der Waals surface area contributed by atoms with Crippen LogP contribution in [0.15, 0.2) is 10.2 Å². The highest BCUT2D eigenvalue weighted by molar-refractivity contribution is 5.94. The molecular formula is C30H50N6O10. The van der Waals surface area contributed by atoms with Crippen LogP contribution >= 0.6 is 0 Å². The van der Waals surface area contributed by atoms with Crippen LogP contribution in [0.3, 0.4) is 0 Å². The van der Waals surface area contributed by atoms with Gasteiger partial charge in [-0.2, -0.15) is 10.2 Å². The number of carbonyl (C=O) groups excluding carboxylic acids is 6. The van der Waals surface area contributed by atoms with Crippen LogP contribution in [-0.4, -0.2) is 82.9 Å². The normalized spacial score (nSPS) is 19.6. The predicted octanol–water partition coefficient (Wildman–Crippen LogP) is 2.69. The van der Waals surface area contributed by atoms with Gasteiger partial charge in [0.2, 0.25) is 11.8 Å². The van der Waals surface area contributed by atoms with E-state index in [1.165, 1.54) is 12.4 Å². The van der Waals surface area contributed by atoms with Crippen LogP contribution in [0.5, 0.6) is 0 Å². The average Bonchev–Trinajstić information content (AvgIpc) is 2.83. The lowest BCUT2D eigenvalue weighted by Crippen LogP contribution is -2.54. The maximum absolute atomic E-state index is 12.4. The first-order chi connectivity index (χ1) is 20.8. The summed E-state index contributed by atoms with van der Waals surface area (Å²) in [6.45, 7) is 20.5. The lowest BCUT2D eigenvalue weighted by atomic mass is 9.94. The summed E-state index contributed by atoms with van der Waals surface area (Å²) < 4.78 is 20.9. The van der Waals surface area contributed by atoms with Crippen molar-refractivity contribution in [1.29, 1.82) is 0 Å². The molecule has 2 rings (SSSR count). The van der Waals surface area contributed by atoms with Gasteiger partial charge in [-0.3, -0.25) is 9.59 Å². The zero-order valence-electron chi connectivity index (χ0n) is 28.9. The van der Waals surface area contributed by atoms with Crippen LogP contribution < -0.4 is 21.5 Å². The Bertz CT molecular complexity index is 1100. The lowest BCUT2D eigenvalue weighted by Gasteiger charge is -2.30. The minimum absolute atomic E-state index is 0.214. The van der Waals surface area contributed by atoms with Gasteiger partial charge in [-0.15, -0.1) is 0 Å². The van der Waals surface area contributed by atoms with Crippen LogP contribution in [0.2, 0.25) is 0 Å². The van der Waals surface area contributed by atoms with E-state index in [4.69, 9.17) is 18.9 Å². The molecule has 0 saturated carbocycles. The zero-order chi connectivity index (χ0) is 35.7. The highest BCUT2D eigenvalue weighted by Crippen LogP contribution is 2.19. The van der Waals surface area contributed by atoms with Gasteiger partial charge in [0.25, 0.3) is 0 Å². The van der Waals surface area contributed by atoms with Gasteiger partial charge in [0.05, 0.1) is 11.8 Å². The monoisotopic (exact) mass is 654 g/mol. The smallest absolute Gasteiger partial charge is 0.408 e. The Kier molecular flexibility index (Phi) is 13.7. The van der Waals surface area contributed by atoms with Crippen molar-refractivity contribution in [2.45, 2.75) is 130 Å². The summed E-state index contributed by atoms with van der Waals surface area (Å²) >= 11 is 0. The predicted molar refractivity (Wildman–Crippen MR) is 167 cm³/mol. The summed E-state index contributed by atoms with van der Waals surface area (Å²) in [5.41, 5.74) is 1.63. The number of ether oxygens (including phenoxy) is 4. The van der Waals surface area contributed by atoms with Gasteiger partial charge in [0, 0.05) is 12.4 Å².